The molecule has 0 spiro atoms. The molecule has 2 heterocycles. The molecule has 1 saturated heterocycles. The van der Waals surface area contributed by atoms with E-state index in [2.05, 4.69) is 4.98 Å². The minimum Gasteiger partial charge on any atom is -0.474 e. The van der Waals surface area contributed by atoms with Crippen molar-refractivity contribution in [3.63, 3.8) is 0 Å². The van der Waals surface area contributed by atoms with E-state index in [1.807, 2.05) is 20.8 Å². The normalized spacial score (nSPS) is 16.7. The van der Waals surface area contributed by atoms with Crippen LogP contribution in [0.1, 0.15) is 33.6 Å². The van der Waals surface area contributed by atoms with E-state index in [1.54, 1.807) is 4.90 Å². The lowest BCUT2D eigenvalue weighted by Gasteiger charge is -2.33. The van der Waals surface area contributed by atoms with Gasteiger partial charge >= 0.3 is 6.09 Å². The number of likely N-dealkylation sites (tertiary alicyclic amines) is 1. The quantitative estimate of drug-likeness (QED) is 0.842. The molecule has 0 saturated carbocycles. The average Bonchev–Trinajstić information content (AvgIpc) is 2.40. The number of hydrogen-bond acceptors (Lipinski definition) is 4. The molecule has 116 valence electrons. The minimum absolute atomic E-state index is 0.0124. The maximum Gasteiger partial charge on any atom is 0.410 e. The van der Waals surface area contributed by atoms with E-state index in [1.165, 1.54) is 12.1 Å². The number of hydrogen-bond donors (Lipinski definition) is 0. The molecule has 0 radical (unpaired) electrons. The third-order valence-corrected chi connectivity index (χ3v) is 3.08. The summed E-state index contributed by atoms with van der Waals surface area (Å²) in [5.41, 5.74) is -0.484. The Morgan fingerprint density at radius 1 is 1.33 bits per heavy atom. The number of carbonyl (C=O) groups is 1. The second kappa shape index (κ2) is 6.28. The molecule has 0 bridgehead atoms. The van der Waals surface area contributed by atoms with Crippen molar-refractivity contribution in [1.29, 1.82) is 0 Å². The Morgan fingerprint density at radius 3 is 2.52 bits per heavy atom. The van der Waals surface area contributed by atoms with Crippen LogP contribution in [0.4, 0.5) is 9.18 Å². The summed E-state index contributed by atoms with van der Waals surface area (Å²) < 4.78 is 23.8. The van der Waals surface area contributed by atoms with Crippen molar-refractivity contribution in [2.75, 3.05) is 13.1 Å². The van der Waals surface area contributed by atoms with Gasteiger partial charge in [0.15, 0.2) is 0 Å². The molecule has 1 amide bonds. The van der Waals surface area contributed by atoms with Crippen LogP contribution in [0.5, 0.6) is 5.88 Å². The monoisotopic (exact) mass is 296 g/mol. The highest BCUT2D eigenvalue weighted by Crippen LogP contribution is 2.19. The molecule has 1 aliphatic rings. The number of halogens is 1. The number of ether oxygens (including phenoxy) is 2. The summed E-state index contributed by atoms with van der Waals surface area (Å²) in [4.78, 5) is 17.5. The molecule has 1 aromatic rings. The second-order valence-electron chi connectivity index (χ2n) is 6.10. The molecule has 1 aromatic heterocycles. The van der Waals surface area contributed by atoms with Gasteiger partial charge in [0.1, 0.15) is 17.5 Å². The van der Waals surface area contributed by atoms with Gasteiger partial charge in [0, 0.05) is 32.0 Å². The Morgan fingerprint density at radius 2 is 2.00 bits per heavy atom. The van der Waals surface area contributed by atoms with Crippen LogP contribution in [0.25, 0.3) is 0 Å². The lowest BCUT2D eigenvalue weighted by atomic mass is 10.1. The average molecular weight is 296 g/mol. The molecule has 5 nitrogen and oxygen atoms in total. The van der Waals surface area contributed by atoms with Gasteiger partial charge in [-0.1, -0.05) is 0 Å². The fourth-order valence-corrected chi connectivity index (χ4v) is 2.09. The summed E-state index contributed by atoms with van der Waals surface area (Å²) >= 11 is 0. The lowest BCUT2D eigenvalue weighted by molar-refractivity contribution is 0.0123. The zero-order valence-corrected chi connectivity index (χ0v) is 12.6. The highest BCUT2D eigenvalue weighted by molar-refractivity contribution is 5.68. The first-order valence-corrected chi connectivity index (χ1v) is 7.09. The third-order valence-electron chi connectivity index (χ3n) is 3.08. The Kier molecular flexibility index (Phi) is 4.65. The van der Waals surface area contributed by atoms with Crippen molar-refractivity contribution in [3.8, 4) is 5.88 Å². The number of amides is 1. The highest BCUT2D eigenvalue weighted by Gasteiger charge is 2.27. The number of pyridine rings is 1. The van der Waals surface area contributed by atoms with Crippen LogP contribution >= 0.6 is 0 Å². The van der Waals surface area contributed by atoms with Crippen LogP contribution in [0, 0.1) is 5.82 Å². The lowest BCUT2D eigenvalue weighted by Crippen LogP contribution is -2.44. The Balaban J connectivity index is 1.80. The van der Waals surface area contributed by atoms with Gasteiger partial charge in [-0.15, -0.1) is 0 Å². The first-order valence-electron chi connectivity index (χ1n) is 7.09. The number of aromatic nitrogens is 1. The summed E-state index contributed by atoms with van der Waals surface area (Å²) in [6, 6.07) is 2.83. The van der Waals surface area contributed by atoms with Crippen LogP contribution in [0.3, 0.4) is 0 Å². The molecule has 1 aliphatic heterocycles. The third kappa shape index (κ3) is 4.88. The molecule has 21 heavy (non-hydrogen) atoms. The van der Waals surface area contributed by atoms with E-state index >= 15 is 0 Å². The highest BCUT2D eigenvalue weighted by atomic mass is 19.1. The summed E-state index contributed by atoms with van der Waals surface area (Å²) in [5.74, 6) is 0.0224. The molecule has 0 aromatic carbocycles. The smallest absolute Gasteiger partial charge is 0.410 e. The van der Waals surface area contributed by atoms with Crippen molar-refractivity contribution < 1.29 is 18.7 Å². The predicted octanol–water partition coefficient (Wildman–Crippen LogP) is 3.00. The molecule has 6 heteroatoms. The molecule has 0 unspecified atom stereocenters. The molecule has 1 fully saturated rings. The Hall–Kier alpha value is -1.85. The van der Waals surface area contributed by atoms with Crippen LogP contribution in [0.2, 0.25) is 0 Å². The van der Waals surface area contributed by atoms with Crippen LogP contribution in [0.15, 0.2) is 18.3 Å². The van der Waals surface area contributed by atoms with Gasteiger partial charge in [-0.05, 0) is 26.8 Å². The van der Waals surface area contributed by atoms with Gasteiger partial charge in [0.05, 0.1) is 6.20 Å². The molecule has 2 rings (SSSR count). The fourth-order valence-electron chi connectivity index (χ4n) is 2.09. The van der Waals surface area contributed by atoms with Gasteiger partial charge in [0.2, 0.25) is 5.88 Å². The van der Waals surface area contributed by atoms with Gasteiger partial charge in [0.25, 0.3) is 0 Å². The van der Waals surface area contributed by atoms with E-state index in [0.29, 0.717) is 31.8 Å². The molecule has 0 N–H and O–H groups in total. The summed E-state index contributed by atoms with van der Waals surface area (Å²) in [7, 11) is 0. The van der Waals surface area contributed by atoms with Crippen LogP contribution < -0.4 is 4.74 Å². The topological polar surface area (TPSA) is 51.7 Å². The second-order valence-corrected chi connectivity index (χ2v) is 6.10. The number of carbonyl (C=O) groups excluding carboxylic acids is 1. The van der Waals surface area contributed by atoms with Crippen molar-refractivity contribution in [3.05, 3.63) is 24.1 Å². The Bertz CT molecular complexity index is 477. The van der Waals surface area contributed by atoms with Gasteiger partial charge < -0.3 is 14.4 Å². The van der Waals surface area contributed by atoms with E-state index < -0.39 is 5.60 Å². The predicted molar refractivity (Wildman–Crippen MR) is 75.7 cm³/mol. The first-order chi connectivity index (χ1) is 9.83. The maximum atomic E-state index is 12.8. The number of nitrogens with zero attached hydrogens (tertiary/aromatic N) is 2. The van der Waals surface area contributed by atoms with Crippen molar-refractivity contribution in [1.82, 2.24) is 9.88 Å². The van der Waals surface area contributed by atoms with Gasteiger partial charge in [-0.2, -0.15) is 0 Å². The van der Waals surface area contributed by atoms with Crippen LogP contribution in [-0.4, -0.2) is 40.8 Å². The molecular formula is C15H21FN2O3. The van der Waals surface area contributed by atoms with Crippen LogP contribution in [-0.2, 0) is 4.74 Å². The van der Waals surface area contributed by atoms with E-state index in [0.717, 1.165) is 6.20 Å². The number of rotatable bonds is 2. The summed E-state index contributed by atoms with van der Waals surface area (Å²) in [6.45, 7) is 6.71. The SMILES string of the molecule is CC(C)(C)OC(=O)N1CCC(Oc2ccc(F)cn2)CC1. The standard InChI is InChI=1S/C15H21FN2O3/c1-15(2,3)21-14(19)18-8-6-12(7-9-18)20-13-5-4-11(16)10-17-13/h4-5,10,12H,6-9H2,1-3H3. The van der Waals surface area contributed by atoms with E-state index in [4.69, 9.17) is 9.47 Å². The summed E-state index contributed by atoms with van der Waals surface area (Å²) in [6.07, 6.45) is 2.24. The molecular weight excluding hydrogens is 275 g/mol. The minimum atomic E-state index is -0.484. The zero-order chi connectivity index (χ0) is 15.5. The number of piperidine rings is 1. The molecule has 0 atom stereocenters. The summed E-state index contributed by atoms with van der Waals surface area (Å²) in [5, 5.41) is 0. The van der Waals surface area contributed by atoms with Gasteiger partial charge in [-0.25, -0.2) is 14.2 Å². The maximum absolute atomic E-state index is 12.8. The van der Waals surface area contributed by atoms with E-state index in [9.17, 15) is 9.18 Å². The van der Waals surface area contributed by atoms with Gasteiger partial charge in [-0.3, -0.25) is 0 Å². The first kappa shape index (κ1) is 15.5. The fraction of sp³-hybridized carbons (Fsp3) is 0.600. The molecule has 0 aliphatic carbocycles. The Labute approximate surface area is 124 Å². The van der Waals surface area contributed by atoms with Crippen molar-refractivity contribution in [2.45, 2.75) is 45.3 Å². The zero-order valence-electron chi connectivity index (χ0n) is 12.6. The van der Waals surface area contributed by atoms with Crippen molar-refractivity contribution in [2.24, 2.45) is 0 Å². The van der Waals surface area contributed by atoms with Crippen molar-refractivity contribution >= 4 is 6.09 Å². The largest absolute Gasteiger partial charge is 0.474 e. The van der Waals surface area contributed by atoms with E-state index in [-0.39, 0.29) is 18.0 Å².